The smallest absolute Gasteiger partial charge is 0.239 e. The van der Waals surface area contributed by atoms with Crippen LogP contribution in [0.2, 0.25) is 0 Å². The molecule has 1 aliphatic rings. The quantitative estimate of drug-likeness (QED) is 0.307. The number of thioether (sulfide) groups is 1. The minimum absolute atomic E-state index is 0.0560. The molecule has 1 heterocycles. The first kappa shape index (κ1) is 23.3. The summed E-state index contributed by atoms with van der Waals surface area (Å²) >= 11 is 1.89. The maximum Gasteiger partial charge on any atom is 0.239 e. The fourth-order valence-electron chi connectivity index (χ4n) is 4.50. The molecule has 176 valence electrons. The van der Waals surface area contributed by atoms with Gasteiger partial charge in [0, 0.05) is 17.2 Å². The zero-order valence-corrected chi connectivity index (χ0v) is 20.6. The Morgan fingerprint density at radius 3 is 1.91 bits per heavy atom. The molecule has 35 heavy (non-hydrogen) atoms. The van der Waals surface area contributed by atoms with Crippen LogP contribution in [0.5, 0.6) is 5.75 Å². The molecular formula is C31H29NO2S. The molecule has 5 rings (SSSR count). The summed E-state index contributed by atoms with van der Waals surface area (Å²) in [6.07, 6.45) is 0.840. The second-order valence-corrected chi connectivity index (χ2v) is 10.1. The molecule has 1 aliphatic heterocycles. The third-order valence-corrected chi connectivity index (χ3v) is 7.75. The number of nitrogens with one attached hydrogen (secondary N) is 1. The Balaban J connectivity index is 1.52. The van der Waals surface area contributed by atoms with Gasteiger partial charge in [0.1, 0.15) is 17.3 Å². The van der Waals surface area contributed by atoms with Crippen molar-refractivity contribution in [2.75, 3.05) is 16.8 Å². The molecule has 0 radical (unpaired) electrons. The van der Waals surface area contributed by atoms with Crippen molar-refractivity contribution in [3.8, 4) is 5.75 Å². The third-order valence-electron chi connectivity index (χ3n) is 6.53. The fourth-order valence-corrected chi connectivity index (χ4v) is 5.06. The van der Waals surface area contributed by atoms with E-state index in [4.69, 9.17) is 4.74 Å². The number of carbonyl (C=O) groups is 1. The molecule has 0 atom stereocenters. The van der Waals surface area contributed by atoms with Gasteiger partial charge in [-0.2, -0.15) is 11.8 Å². The molecule has 0 aliphatic carbocycles. The van der Waals surface area contributed by atoms with Crippen LogP contribution in [0.25, 0.3) is 0 Å². The van der Waals surface area contributed by atoms with Crippen molar-refractivity contribution in [3.05, 3.63) is 131 Å². The first-order chi connectivity index (χ1) is 17.1. The van der Waals surface area contributed by atoms with Crippen LogP contribution in [-0.4, -0.2) is 23.5 Å². The normalized spacial score (nSPS) is 13.6. The summed E-state index contributed by atoms with van der Waals surface area (Å²) in [5.74, 6) is 2.85. The molecule has 1 saturated heterocycles. The van der Waals surface area contributed by atoms with Gasteiger partial charge in [-0.3, -0.25) is 4.79 Å². The predicted octanol–water partition coefficient (Wildman–Crippen LogP) is 6.66. The molecule has 4 aromatic rings. The Kier molecular flexibility index (Phi) is 6.91. The first-order valence-corrected chi connectivity index (χ1v) is 13.1. The van der Waals surface area contributed by atoms with E-state index < -0.39 is 5.41 Å². The van der Waals surface area contributed by atoms with E-state index in [-0.39, 0.29) is 5.91 Å². The number of hydrogen-bond donors (Lipinski definition) is 1. The van der Waals surface area contributed by atoms with E-state index in [0.717, 1.165) is 39.6 Å². The molecule has 0 spiro atoms. The van der Waals surface area contributed by atoms with Crippen LogP contribution in [0.15, 0.2) is 109 Å². The summed E-state index contributed by atoms with van der Waals surface area (Å²) in [5.41, 5.74) is 4.10. The summed E-state index contributed by atoms with van der Waals surface area (Å²) < 4.78 is 5.97. The number of hydrogen-bond acceptors (Lipinski definition) is 3. The van der Waals surface area contributed by atoms with E-state index in [1.807, 2.05) is 96.7 Å². The van der Waals surface area contributed by atoms with Gasteiger partial charge >= 0.3 is 0 Å². The highest BCUT2D eigenvalue weighted by molar-refractivity contribution is 8.00. The van der Waals surface area contributed by atoms with Gasteiger partial charge in [-0.05, 0) is 54.3 Å². The van der Waals surface area contributed by atoms with Gasteiger partial charge in [-0.1, -0.05) is 90.5 Å². The van der Waals surface area contributed by atoms with E-state index in [1.54, 1.807) is 0 Å². The number of carbonyl (C=O) groups excluding carboxylic acids is 1. The lowest BCUT2D eigenvalue weighted by molar-refractivity contribution is -0.120. The van der Waals surface area contributed by atoms with Gasteiger partial charge in [0.2, 0.25) is 5.91 Å². The molecule has 4 heteroatoms. The van der Waals surface area contributed by atoms with Crippen LogP contribution in [0.4, 0.5) is 5.69 Å². The minimum atomic E-state index is -0.893. The molecule has 0 saturated carbocycles. The molecule has 3 nitrogen and oxygen atoms in total. The zero-order valence-electron chi connectivity index (χ0n) is 19.8. The van der Waals surface area contributed by atoms with Crippen LogP contribution in [0.1, 0.15) is 22.3 Å². The number of amides is 1. The molecule has 4 aromatic carbocycles. The fraction of sp³-hybridized carbons (Fsp3) is 0.194. The van der Waals surface area contributed by atoms with Crippen molar-refractivity contribution in [3.63, 3.8) is 0 Å². The van der Waals surface area contributed by atoms with Crippen LogP contribution in [0, 0.1) is 6.92 Å². The lowest BCUT2D eigenvalue weighted by atomic mass is 9.69. The minimum Gasteiger partial charge on any atom is -0.489 e. The van der Waals surface area contributed by atoms with Gasteiger partial charge in [-0.25, -0.2) is 0 Å². The first-order valence-electron chi connectivity index (χ1n) is 12.0. The summed E-state index contributed by atoms with van der Waals surface area (Å²) in [7, 11) is 0. The maximum absolute atomic E-state index is 14.3. The van der Waals surface area contributed by atoms with Gasteiger partial charge in [0.25, 0.3) is 0 Å². The monoisotopic (exact) mass is 479 g/mol. The lowest BCUT2D eigenvalue weighted by Gasteiger charge is -2.34. The Bertz CT molecular complexity index is 1210. The number of rotatable bonds is 8. The van der Waals surface area contributed by atoms with Crippen LogP contribution < -0.4 is 10.1 Å². The van der Waals surface area contributed by atoms with Crippen molar-refractivity contribution >= 4 is 23.4 Å². The standard InChI is InChI=1S/C31H29NO2S/c1-23-12-14-24(15-13-23)20-31(25-8-4-2-5-9-25,26-10-6-3-7-11-26)30(33)32-27-16-18-28(19-17-27)34-29-21-35-22-29/h2-19,29H,20-22H2,1H3,(H,32,33). The van der Waals surface area contributed by atoms with Gasteiger partial charge in [-0.15, -0.1) is 0 Å². The van der Waals surface area contributed by atoms with Crippen molar-refractivity contribution in [1.82, 2.24) is 0 Å². The van der Waals surface area contributed by atoms with Crippen molar-refractivity contribution < 1.29 is 9.53 Å². The number of aryl methyl sites for hydroxylation is 1. The maximum atomic E-state index is 14.3. The summed E-state index contributed by atoms with van der Waals surface area (Å²) in [6.45, 7) is 2.08. The van der Waals surface area contributed by atoms with Gasteiger partial charge in [0.05, 0.1) is 0 Å². The van der Waals surface area contributed by atoms with E-state index in [1.165, 1.54) is 5.56 Å². The summed E-state index contributed by atoms with van der Waals surface area (Å²) in [4.78, 5) is 14.3. The number of anilines is 1. The lowest BCUT2D eigenvalue weighted by Crippen LogP contribution is -2.43. The van der Waals surface area contributed by atoms with Crippen molar-refractivity contribution in [2.24, 2.45) is 0 Å². The van der Waals surface area contributed by atoms with E-state index >= 15 is 0 Å². The number of benzene rings is 4. The number of ether oxygens (including phenoxy) is 1. The van der Waals surface area contributed by atoms with Crippen LogP contribution >= 0.6 is 11.8 Å². The second kappa shape index (κ2) is 10.4. The van der Waals surface area contributed by atoms with E-state index in [2.05, 4.69) is 36.5 Å². The molecular weight excluding hydrogens is 450 g/mol. The average Bonchev–Trinajstić information content (AvgIpc) is 2.88. The van der Waals surface area contributed by atoms with Crippen molar-refractivity contribution in [2.45, 2.75) is 24.9 Å². The highest BCUT2D eigenvalue weighted by Crippen LogP contribution is 2.38. The van der Waals surface area contributed by atoms with Crippen LogP contribution in [0.3, 0.4) is 0 Å². The molecule has 1 fully saturated rings. The van der Waals surface area contributed by atoms with E-state index in [9.17, 15) is 4.79 Å². The van der Waals surface area contributed by atoms with Gasteiger partial charge in [0.15, 0.2) is 0 Å². The van der Waals surface area contributed by atoms with Crippen LogP contribution in [-0.2, 0) is 16.6 Å². The highest BCUT2D eigenvalue weighted by Gasteiger charge is 2.42. The average molecular weight is 480 g/mol. The van der Waals surface area contributed by atoms with Gasteiger partial charge < -0.3 is 10.1 Å². The second-order valence-electron chi connectivity index (χ2n) is 9.06. The zero-order chi connectivity index (χ0) is 24.1. The third kappa shape index (κ3) is 5.13. The highest BCUT2D eigenvalue weighted by atomic mass is 32.2. The Morgan fingerprint density at radius 1 is 0.829 bits per heavy atom. The molecule has 0 unspecified atom stereocenters. The Labute approximate surface area is 211 Å². The largest absolute Gasteiger partial charge is 0.489 e. The Hall–Kier alpha value is -3.50. The van der Waals surface area contributed by atoms with Crippen molar-refractivity contribution in [1.29, 1.82) is 0 Å². The molecule has 1 N–H and O–H groups in total. The Morgan fingerprint density at radius 2 is 1.40 bits per heavy atom. The summed E-state index contributed by atoms with van der Waals surface area (Å²) in [6, 6.07) is 36.3. The molecule has 0 bridgehead atoms. The SMILES string of the molecule is Cc1ccc(CC(C(=O)Nc2ccc(OC3CSC3)cc2)(c2ccccc2)c2ccccc2)cc1. The molecule has 0 aromatic heterocycles. The van der Waals surface area contributed by atoms with E-state index in [0.29, 0.717) is 12.5 Å². The molecule has 1 amide bonds. The topological polar surface area (TPSA) is 38.3 Å². The summed E-state index contributed by atoms with van der Waals surface area (Å²) in [5, 5.41) is 3.22. The predicted molar refractivity (Wildman–Crippen MR) is 145 cm³/mol.